The van der Waals surface area contributed by atoms with Crippen molar-refractivity contribution in [1.82, 2.24) is 0 Å². The molecule has 0 saturated heterocycles. The van der Waals surface area contributed by atoms with Gasteiger partial charge in [0.25, 0.3) is 0 Å². The Balaban J connectivity index is 1.86. The van der Waals surface area contributed by atoms with Gasteiger partial charge in [-0.15, -0.1) is 0 Å². The van der Waals surface area contributed by atoms with Crippen molar-refractivity contribution in [1.29, 1.82) is 10.5 Å². The Kier molecular flexibility index (Phi) is 5.47. The van der Waals surface area contributed by atoms with Crippen LogP contribution in [0.1, 0.15) is 11.1 Å². The van der Waals surface area contributed by atoms with E-state index in [4.69, 9.17) is 33.7 Å². The molecule has 2 aromatic rings. The molecule has 0 fully saturated rings. The summed E-state index contributed by atoms with van der Waals surface area (Å²) in [6.45, 7) is 0. The lowest BCUT2D eigenvalue weighted by Gasteiger charge is -2.20. The van der Waals surface area contributed by atoms with Crippen molar-refractivity contribution >= 4 is 46.1 Å². The smallest absolute Gasteiger partial charge is 0.224 e. The summed E-state index contributed by atoms with van der Waals surface area (Å²) in [7, 11) is 0. The first-order valence-electron chi connectivity index (χ1n) is 7.88. The molecular formula is C20H10Cl2N4O2. The molecule has 0 saturated carbocycles. The van der Waals surface area contributed by atoms with Crippen molar-refractivity contribution in [3.63, 3.8) is 0 Å². The van der Waals surface area contributed by atoms with Gasteiger partial charge < -0.3 is 10.6 Å². The zero-order valence-electron chi connectivity index (χ0n) is 14.1. The highest BCUT2D eigenvalue weighted by molar-refractivity contribution is 6.56. The fourth-order valence-electron chi connectivity index (χ4n) is 2.41. The maximum Gasteiger partial charge on any atom is 0.224 e. The summed E-state index contributed by atoms with van der Waals surface area (Å²) in [5, 5.41) is 22.6. The molecule has 1 aliphatic rings. The number of anilines is 2. The highest BCUT2D eigenvalue weighted by Gasteiger charge is 2.33. The molecule has 0 radical (unpaired) electrons. The van der Waals surface area contributed by atoms with E-state index in [9.17, 15) is 9.59 Å². The Morgan fingerprint density at radius 2 is 0.964 bits per heavy atom. The fraction of sp³-hybridized carbons (Fsp3) is 0. The Morgan fingerprint density at radius 3 is 1.25 bits per heavy atom. The summed E-state index contributed by atoms with van der Waals surface area (Å²) in [5.74, 6) is -1.29. The molecule has 0 bridgehead atoms. The standard InChI is InChI=1S/C20H10Cl2N4O2/c21-15-17(25-13-5-1-11(9-23)2-6-13)19(27)16(22)18(20(15)28)26-14-7-3-12(10-24)4-8-14/h1-8,25-26H. The third-order valence-corrected chi connectivity index (χ3v) is 4.58. The molecule has 0 spiro atoms. The van der Waals surface area contributed by atoms with Crippen LogP contribution in [0.4, 0.5) is 11.4 Å². The lowest BCUT2D eigenvalue weighted by Crippen LogP contribution is -2.27. The van der Waals surface area contributed by atoms with Gasteiger partial charge >= 0.3 is 0 Å². The predicted octanol–water partition coefficient (Wildman–Crippen LogP) is 4.01. The highest BCUT2D eigenvalue weighted by Crippen LogP contribution is 2.31. The number of halogens is 2. The van der Waals surface area contributed by atoms with Crippen LogP contribution in [-0.2, 0) is 9.59 Å². The van der Waals surface area contributed by atoms with Crippen molar-refractivity contribution in [2.45, 2.75) is 0 Å². The van der Waals surface area contributed by atoms with Crippen LogP contribution in [0.5, 0.6) is 0 Å². The van der Waals surface area contributed by atoms with Crippen LogP contribution < -0.4 is 10.6 Å². The number of Topliss-reactive ketones (excluding diaryl/α,β-unsaturated/α-hetero) is 2. The first kappa shape index (κ1) is 19.2. The maximum atomic E-state index is 12.6. The first-order valence-corrected chi connectivity index (χ1v) is 8.63. The second-order valence-electron chi connectivity index (χ2n) is 5.66. The van der Waals surface area contributed by atoms with E-state index >= 15 is 0 Å². The number of ketones is 2. The van der Waals surface area contributed by atoms with Gasteiger partial charge in [-0.05, 0) is 48.5 Å². The molecule has 1 aliphatic carbocycles. The summed E-state index contributed by atoms with van der Waals surface area (Å²) in [6.07, 6.45) is 0. The molecule has 2 aromatic carbocycles. The third kappa shape index (κ3) is 3.74. The van der Waals surface area contributed by atoms with Gasteiger partial charge in [-0.25, -0.2) is 0 Å². The van der Waals surface area contributed by atoms with E-state index in [-0.39, 0.29) is 21.5 Å². The van der Waals surface area contributed by atoms with Gasteiger partial charge in [0.05, 0.1) is 23.3 Å². The number of carbonyl (C=O) groups excluding carboxylic acids is 2. The topological polar surface area (TPSA) is 106 Å². The van der Waals surface area contributed by atoms with E-state index in [0.717, 1.165) is 0 Å². The van der Waals surface area contributed by atoms with Crippen LogP contribution in [0.15, 0.2) is 70.0 Å². The summed E-state index contributed by atoms with van der Waals surface area (Å²) in [6, 6.07) is 16.5. The van der Waals surface area contributed by atoms with Gasteiger partial charge in [0.2, 0.25) is 11.6 Å². The van der Waals surface area contributed by atoms with Crippen LogP contribution in [0.2, 0.25) is 0 Å². The molecule has 8 heteroatoms. The average Bonchev–Trinajstić information content (AvgIpc) is 2.73. The number of nitriles is 2. The Labute approximate surface area is 170 Å². The van der Waals surface area contributed by atoms with Gasteiger partial charge in [0, 0.05) is 11.4 Å². The van der Waals surface area contributed by atoms with E-state index in [1.54, 1.807) is 48.5 Å². The van der Waals surface area contributed by atoms with Crippen molar-refractivity contribution in [2.24, 2.45) is 0 Å². The van der Waals surface area contributed by atoms with Crippen LogP contribution >= 0.6 is 23.2 Å². The monoisotopic (exact) mass is 408 g/mol. The predicted molar refractivity (Wildman–Crippen MR) is 105 cm³/mol. The van der Waals surface area contributed by atoms with Crippen molar-refractivity contribution in [2.75, 3.05) is 10.6 Å². The second kappa shape index (κ2) is 7.98. The van der Waals surface area contributed by atoms with E-state index in [2.05, 4.69) is 10.6 Å². The molecule has 3 rings (SSSR count). The largest absolute Gasteiger partial charge is 0.351 e. The third-order valence-electron chi connectivity index (χ3n) is 3.86. The molecule has 136 valence electrons. The van der Waals surface area contributed by atoms with E-state index in [1.165, 1.54) is 0 Å². The van der Waals surface area contributed by atoms with Gasteiger partial charge in [-0.2, -0.15) is 10.5 Å². The zero-order chi connectivity index (χ0) is 20.3. The molecule has 2 N–H and O–H groups in total. The normalized spacial score (nSPS) is 13.9. The SMILES string of the molecule is N#Cc1ccc(NC2=C(Cl)C(=O)C(Nc3ccc(C#N)cc3)=C(Cl)C2=O)cc1. The second-order valence-corrected chi connectivity index (χ2v) is 6.42. The summed E-state index contributed by atoms with van der Waals surface area (Å²) in [4.78, 5) is 25.3. The molecular weight excluding hydrogens is 399 g/mol. The van der Waals surface area contributed by atoms with E-state index in [1.807, 2.05) is 12.1 Å². The molecule has 0 unspecified atom stereocenters. The van der Waals surface area contributed by atoms with Gasteiger partial charge in [0.1, 0.15) is 21.5 Å². The van der Waals surface area contributed by atoms with E-state index < -0.39 is 11.6 Å². The number of rotatable bonds is 4. The number of hydrogen-bond donors (Lipinski definition) is 2. The van der Waals surface area contributed by atoms with Crippen LogP contribution in [0, 0.1) is 22.7 Å². The molecule has 0 atom stereocenters. The number of nitrogens with zero attached hydrogens (tertiary/aromatic N) is 2. The number of nitrogens with one attached hydrogen (secondary N) is 2. The van der Waals surface area contributed by atoms with Gasteiger partial charge in [-0.1, -0.05) is 23.2 Å². The number of allylic oxidation sites excluding steroid dienone is 2. The number of carbonyl (C=O) groups is 2. The Bertz CT molecular complexity index is 1030. The zero-order valence-corrected chi connectivity index (χ0v) is 15.6. The fourth-order valence-corrected chi connectivity index (χ4v) is 2.87. The molecule has 6 nitrogen and oxygen atoms in total. The lowest BCUT2D eigenvalue weighted by molar-refractivity contribution is -0.115. The van der Waals surface area contributed by atoms with E-state index in [0.29, 0.717) is 22.5 Å². The summed E-state index contributed by atoms with van der Waals surface area (Å²) < 4.78 is 0. The number of benzene rings is 2. The lowest BCUT2D eigenvalue weighted by atomic mass is 10.0. The summed E-state index contributed by atoms with van der Waals surface area (Å²) >= 11 is 12.3. The minimum atomic E-state index is -0.647. The highest BCUT2D eigenvalue weighted by atomic mass is 35.5. The van der Waals surface area contributed by atoms with Crippen LogP contribution in [0.25, 0.3) is 0 Å². The quantitative estimate of drug-likeness (QED) is 0.740. The van der Waals surface area contributed by atoms with Crippen molar-refractivity contribution < 1.29 is 9.59 Å². The number of hydrogen-bond acceptors (Lipinski definition) is 6. The molecule has 0 heterocycles. The van der Waals surface area contributed by atoms with Gasteiger partial charge in [0.15, 0.2) is 0 Å². The minimum Gasteiger partial charge on any atom is -0.351 e. The van der Waals surface area contributed by atoms with Crippen molar-refractivity contribution in [3.05, 3.63) is 81.1 Å². The first-order chi connectivity index (χ1) is 13.4. The van der Waals surface area contributed by atoms with Crippen LogP contribution in [-0.4, -0.2) is 11.6 Å². The molecule has 0 aliphatic heterocycles. The molecule has 28 heavy (non-hydrogen) atoms. The molecule has 0 amide bonds. The van der Waals surface area contributed by atoms with Crippen molar-refractivity contribution in [3.8, 4) is 12.1 Å². The Hall–Kier alpha value is -3.58. The maximum absolute atomic E-state index is 12.6. The summed E-state index contributed by atoms with van der Waals surface area (Å²) in [5.41, 5.74) is 1.55. The molecule has 0 aromatic heterocycles. The van der Waals surface area contributed by atoms with Crippen LogP contribution in [0.3, 0.4) is 0 Å². The Morgan fingerprint density at radius 1 is 0.643 bits per heavy atom. The van der Waals surface area contributed by atoms with Gasteiger partial charge in [-0.3, -0.25) is 9.59 Å². The minimum absolute atomic E-state index is 0.147. The average molecular weight is 409 g/mol.